The van der Waals surface area contributed by atoms with E-state index in [9.17, 15) is 0 Å². The topological polar surface area (TPSA) is 25.8 Å². The summed E-state index contributed by atoms with van der Waals surface area (Å²) in [6, 6.07) is 0. The molecule has 0 saturated heterocycles. The third kappa shape index (κ3) is 5.07. The first-order valence-electron chi connectivity index (χ1n) is 5.57. The average Bonchev–Trinajstić information content (AvgIpc) is 2.51. The highest BCUT2D eigenvalue weighted by Gasteiger charge is 2.11. The van der Waals surface area contributed by atoms with Gasteiger partial charge in [-0.2, -0.15) is 4.37 Å². The molecule has 0 fully saturated rings. The van der Waals surface area contributed by atoms with Gasteiger partial charge in [0.1, 0.15) is 10.8 Å². The molecule has 0 radical (unpaired) electrons. The van der Waals surface area contributed by atoms with Crippen LogP contribution in [0.15, 0.2) is 0 Å². The maximum atomic E-state index is 4.52. The van der Waals surface area contributed by atoms with Crippen LogP contribution in [0.4, 0.5) is 0 Å². The smallest absolute Gasteiger partial charge is 0.142 e. The molecule has 0 aromatic carbocycles. The van der Waals surface area contributed by atoms with Crippen molar-refractivity contribution in [2.45, 2.75) is 51.3 Å². The fraction of sp³-hybridized carbons (Fsp3) is 0.818. The van der Waals surface area contributed by atoms with E-state index in [2.05, 4.69) is 46.1 Å². The average molecular weight is 291 g/mol. The summed E-state index contributed by atoms with van der Waals surface area (Å²) in [5.41, 5.74) is 0. The summed E-state index contributed by atoms with van der Waals surface area (Å²) in [6.07, 6.45) is 4.34. The van der Waals surface area contributed by atoms with E-state index >= 15 is 0 Å². The summed E-state index contributed by atoms with van der Waals surface area (Å²) in [4.78, 5) is 5.07. The fourth-order valence-electron chi connectivity index (χ4n) is 1.48. The van der Waals surface area contributed by atoms with E-state index < -0.39 is 0 Å². The van der Waals surface area contributed by atoms with Crippen molar-refractivity contribution in [3.05, 3.63) is 10.8 Å². The van der Waals surface area contributed by atoms with Crippen LogP contribution in [0, 0.1) is 5.92 Å². The number of rotatable bonds is 6. The van der Waals surface area contributed by atoms with Gasteiger partial charge >= 0.3 is 0 Å². The molecule has 1 unspecified atom stereocenters. The number of hydrogen-bond acceptors (Lipinski definition) is 3. The van der Waals surface area contributed by atoms with Crippen molar-refractivity contribution in [2.75, 3.05) is 0 Å². The number of halogens is 1. The van der Waals surface area contributed by atoms with Crippen LogP contribution in [0.5, 0.6) is 0 Å². The first-order chi connectivity index (χ1) is 7.11. The van der Waals surface area contributed by atoms with Gasteiger partial charge in [0.2, 0.25) is 0 Å². The minimum absolute atomic E-state index is 0.542. The van der Waals surface area contributed by atoms with Crippen molar-refractivity contribution in [1.82, 2.24) is 9.36 Å². The molecule has 86 valence electrons. The van der Waals surface area contributed by atoms with Gasteiger partial charge in [-0.25, -0.2) is 4.98 Å². The Labute approximate surface area is 105 Å². The van der Waals surface area contributed by atoms with E-state index in [1.165, 1.54) is 11.4 Å². The zero-order valence-corrected chi connectivity index (χ0v) is 12.1. The van der Waals surface area contributed by atoms with E-state index in [-0.39, 0.29) is 0 Å². The Morgan fingerprint density at radius 2 is 2.13 bits per heavy atom. The van der Waals surface area contributed by atoms with E-state index in [1.54, 1.807) is 11.5 Å². The Balaban J connectivity index is 2.42. The van der Waals surface area contributed by atoms with E-state index in [1.807, 2.05) is 0 Å². The van der Waals surface area contributed by atoms with E-state index in [4.69, 9.17) is 0 Å². The molecule has 4 heteroatoms. The van der Waals surface area contributed by atoms with Crippen molar-refractivity contribution in [3.8, 4) is 0 Å². The molecular weight excluding hydrogens is 272 g/mol. The molecule has 0 bridgehead atoms. The van der Waals surface area contributed by atoms with Crippen LogP contribution >= 0.6 is 27.5 Å². The lowest BCUT2D eigenvalue weighted by Gasteiger charge is -2.09. The zero-order chi connectivity index (χ0) is 11.3. The first kappa shape index (κ1) is 13.1. The molecule has 0 amide bonds. The van der Waals surface area contributed by atoms with Crippen molar-refractivity contribution in [3.63, 3.8) is 0 Å². The Kier molecular flexibility index (Phi) is 5.75. The third-order valence-corrected chi connectivity index (χ3v) is 3.58. The number of aromatic nitrogens is 2. The van der Waals surface area contributed by atoms with E-state index in [0.29, 0.717) is 4.83 Å². The van der Waals surface area contributed by atoms with Gasteiger partial charge in [-0.15, -0.1) is 0 Å². The van der Waals surface area contributed by atoms with Gasteiger partial charge in [-0.1, -0.05) is 36.7 Å². The van der Waals surface area contributed by atoms with Crippen molar-refractivity contribution in [1.29, 1.82) is 0 Å². The number of nitrogens with zero attached hydrogens (tertiary/aromatic N) is 2. The van der Waals surface area contributed by atoms with Crippen LogP contribution in [-0.4, -0.2) is 14.2 Å². The van der Waals surface area contributed by atoms with Gasteiger partial charge in [0.15, 0.2) is 0 Å². The van der Waals surface area contributed by atoms with Crippen LogP contribution in [-0.2, 0) is 12.8 Å². The van der Waals surface area contributed by atoms with Gasteiger partial charge < -0.3 is 0 Å². The fourth-order valence-corrected chi connectivity index (χ4v) is 3.52. The Morgan fingerprint density at radius 3 is 2.73 bits per heavy atom. The lowest BCUT2D eigenvalue weighted by Crippen LogP contribution is -2.06. The second kappa shape index (κ2) is 6.59. The monoisotopic (exact) mass is 290 g/mol. The highest BCUT2D eigenvalue weighted by molar-refractivity contribution is 9.09. The largest absolute Gasteiger partial charge is 0.225 e. The van der Waals surface area contributed by atoms with Crippen LogP contribution in [0.3, 0.4) is 0 Å². The lowest BCUT2D eigenvalue weighted by molar-refractivity contribution is 0.570. The maximum Gasteiger partial charge on any atom is 0.142 e. The third-order valence-electron chi connectivity index (χ3n) is 2.11. The van der Waals surface area contributed by atoms with Crippen LogP contribution < -0.4 is 0 Å². The van der Waals surface area contributed by atoms with Gasteiger partial charge in [-0.3, -0.25) is 0 Å². The maximum absolute atomic E-state index is 4.52. The molecule has 2 nitrogen and oxygen atoms in total. The van der Waals surface area contributed by atoms with Crippen LogP contribution in [0.1, 0.15) is 44.4 Å². The molecule has 0 aliphatic heterocycles. The van der Waals surface area contributed by atoms with Crippen LogP contribution in [0.2, 0.25) is 0 Å². The summed E-state index contributed by atoms with van der Waals surface area (Å²) >= 11 is 5.26. The molecule has 15 heavy (non-hydrogen) atoms. The molecule has 1 heterocycles. The molecule has 0 aliphatic rings. The summed E-state index contributed by atoms with van der Waals surface area (Å²) in [7, 11) is 0. The van der Waals surface area contributed by atoms with Crippen molar-refractivity contribution >= 4 is 27.5 Å². The summed E-state index contributed by atoms with van der Waals surface area (Å²) < 4.78 is 4.35. The Morgan fingerprint density at radius 1 is 1.40 bits per heavy atom. The van der Waals surface area contributed by atoms with Crippen molar-refractivity contribution < 1.29 is 0 Å². The quantitative estimate of drug-likeness (QED) is 0.744. The van der Waals surface area contributed by atoms with E-state index in [0.717, 1.165) is 31.0 Å². The van der Waals surface area contributed by atoms with Gasteiger partial charge in [0.25, 0.3) is 0 Å². The standard InChI is InChI=1S/C11H19BrN2S/c1-4-5-10-13-11(15-14-10)7-9(12)6-8(2)3/h8-9H,4-7H2,1-3H3. The SMILES string of the molecule is CCCc1nsc(CC(Br)CC(C)C)n1. The number of alkyl halides is 1. The minimum atomic E-state index is 0.542. The summed E-state index contributed by atoms with van der Waals surface area (Å²) in [5, 5.41) is 1.17. The molecule has 1 rings (SSSR count). The summed E-state index contributed by atoms with van der Waals surface area (Å²) in [6.45, 7) is 6.65. The highest BCUT2D eigenvalue weighted by Crippen LogP contribution is 2.19. The molecule has 0 aliphatic carbocycles. The van der Waals surface area contributed by atoms with Gasteiger partial charge in [0.05, 0.1) is 0 Å². The van der Waals surface area contributed by atoms with Gasteiger partial charge in [-0.05, 0) is 30.3 Å². The molecule has 0 saturated carbocycles. The zero-order valence-electron chi connectivity index (χ0n) is 9.66. The second-order valence-corrected chi connectivity index (χ2v) is 6.42. The first-order valence-corrected chi connectivity index (χ1v) is 7.26. The number of aryl methyl sites for hydroxylation is 1. The highest BCUT2D eigenvalue weighted by atomic mass is 79.9. The molecule has 1 aromatic heterocycles. The Bertz CT molecular complexity index is 286. The second-order valence-electron chi connectivity index (χ2n) is 4.29. The molecular formula is C11H19BrN2S. The van der Waals surface area contributed by atoms with Crippen molar-refractivity contribution in [2.24, 2.45) is 5.92 Å². The predicted octanol–water partition coefficient (Wildman–Crippen LogP) is 3.84. The molecule has 1 atom stereocenters. The lowest BCUT2D eigenvalue weighted by atomic mass is 10.1. The molecule has 0 N–H and O–H groups in total. The van der Waals surface area contributed by atoms with Crippen LogP contribution in [0.25, 0.3) is 0 Å². The predicted molar refractivity (Wildman–Crippen MR) is 69.8 cm³/mol. The normalized spacial score (nSPS) is 13.4. The molecule has 1 aromatic rings. The molecule has 0 spiro atoms. The van der Waals surface area contributed by atoms with Gasteiger partial charge in [0, 0.05) is 17.7 Å². The number of hydrogen-bond donors (Lipinski definition) is 0. The Hall–Kier alpha value is 0.0400. The summed E-state index contributed by atoms with van der Waals surface area (Å²) in [5.74, 6) is 1.75. The minimum Gasteiger partial charge on any atom is -0.225 e.